The predicted octanol–water partition coefficient (Wildman–Crippen LogP) is 4.98. The van der Waals surface area contributed by atoms with Crippen LogP contribution in [0.15, 0.2) is 54.2 Å². The number of ether oxygens (including phenoxy) is 2. The summed E-state index contributed by atoms with van der Waals surface area (Å²) in [6, 6.07) is 9.91. The summed E-state index contributed by atoms with van der Waals surface area (Å²) < 4.78 is 24.2. The molecule has 3 heterocycles. The van der Waals surface area contributed by atoms with Gasteiger partial charge < -0.3 is 9.47 Å². The topological polar surface area (TPSA) is 86.2 Å². The van der Waals surface area contributed by atoms with Gasteiger partial charge in [0.05, 0.1) is 42.9 Å². The van der Waals surface area contributed by atoms with E-state index in [1.165, 1.54) is 23.5 Å². The average molecular weight is 450 g/mol. The molecule has 32 heavy (non-hydrogen) atoms. The van der Waals surface area contributed by atoms with Crippen LogP contribution < -0.4 is 14.8 Å². The molecule has 0 radical (unpaired) electrons. The van der Waals surface area contributed by atoms with Gasteiger partial charge in [-0.25, -0.2) is 9.37 Å². The lowest BCUT2D eigenvalue weighted by Gasteiger charge is -2.16. The van der Waals surface area contributed by atoms with E-state index in [0.717, 1.165) is 11.8 Å². The van der Waals surface area contributed by atoms with Crippen LogP contribution in [0.2, 0.25) is 0 Å². The molecular formula is C23H19FN4O3S. The Labute approximate surface area is 187 Å². The zero-order valence-corrected chi connectivity index (χ0v) is 18.4. The van der Waals surface area contributed by atoms with Crippen molar-refractivity contribution >= 4 is 22.4 Å². The van der Waals surface area contributed by atoms with Crippen molar-refractivity contribution in [2.45, 2.75) is 6.92 Å². The first-order chi connectivity index (χ1) is 15.5. The molecule has 1 amide bonds. The van der Waals surface area contributed by atoms with Crippen LogP contribution in [0.4, 0.5) is 9.52 Å². The van der Waals surface area contributed by atoms with Crippen molar-refractivity contribution in [1.82, 2.24) is 15.0 Å². The number of anilines is 1. The Morgan fingerprint density at radius 3 is 2.47 bits per heavy atom. The standard InChI is InChI=1S/C23H19FN4O3S/c1-13-9-18(30-2)20(19(10-13)31-3)21-15(5-4-8-25-21)22(29)28-23-27-17(12-32-23)16-7-6-14(24)11-26-16/h4-12H,1-3H3,(H,27,28,29). The van der Waals surface area contributed by atoms with E-state index in [4.69, 9.17) is 9.47 Å². The van der Waals surface area contributed by atoms with E-state index in [2.05, 4.69) is 20.3 Å². The number of nitrogens with zero attached hydrogens (tertiary/aromatic N) is 3. The molecule has 1 aromatic carbocycles. The van der Waals surface area contributed by atoms with Gasteiger partial charge in [-0.1, -0.05) is 0 Å². The van der Waals surface area contributed by atoms with E-state index < -0.39 is 5.82 Å². The highest BCUT2D eigenvalue weighted by molar-refractivity contribution is 7.14. The van der Waals surface area contributed by atoms with Crippen LogP contribution in [-0.4, -0.2) is 35.1 Å². The van der Waals surface area contributed by atoms with Crippen LogP contribution in [0, 0.1) is 12.7 Å². The maximum Gasteiger partial charge on any atom is 0.259 e. The third-order valence-corrected chi connectivity index (χ3v) is 5.41. The normalized spacial score (nSPS) is 10.6. The summed E-state index contributed by atoms with van der Waals surface area (Å²) in [4.78, 5) is 26.0. The number of benzene rings is 1. The largest absolute Gasteiger partial charge is 0.496 e. The number of nitrogens with one attached hydrogen (secondary N) is 1. The zero-order valence-electron chi connectivity index (χ0n) is 17.5. The highest BCUT2D eigenvalue weighted by atomic mass is 32.1. The minimum absolute atomic E-state index is 0.338. The Bertz CT molecular complexity index is 1250. The first-order valence-electron chi connectivity index (χ1n) is 9.57. The van der Waals surface area contributed by atoms with E-state index >= 15 is 0 Å². The molecule has 3 aromatic heterocycles. The number of carbonyl (C=O) groups excluding carboxylic acids is 1. The molecule has 4 rings (SSSR count). The van der Waals surface area contributed by atoms with Crippen LogP contribution in [0.1, 0.15) is 15.9 Å². The van der Waals surface area contributed by atoms with E-state index in [1.807, 2.05) is 19.1 Å². The predicted molar refractivity (Wildman–Crippen MR) is 121 cm³/mol. The number of aromatic nitrogens is 3. The van der Waals surface area contributed by atoms with Crippen molar-refractivity contribution in [1.29, 1.82) is 0 Å². The van der Waals surface area contributed by atoms with Crippen LogP contribution >= 0.6 is 11.3 Å². The molecule has 9 heteroatoms. The number of thiazole rings is 1. The highest BCUT2D eigenvalue weighted by Crippen LogP contribution is 2.40. The van der Waals surface area contributed by atoms with Crippen molar-refractivity contribution in [2.24, 2.45) is 0 Å². The zero-order chi connectivity index (χ0) is 22.7. The maximum atomic E-state index is 13.1. The first kappa shape index (κ1) is 21.4. The quantitative estimate of drug-likeness (QED) is 0.446. The molecule has 0 aliphatic rings. The van der Waals surface area contributed by atoms with Gasteiger partial charge in [-0.3, -0.25) is 20.1 Å². The molecule has 0 saturated carbocycles. The van der Waals surface area contributed by atoms with Gasteiger partial charge in [0.15, 0.2) is 5.13 Å². The summed E-state index contributed by atoms with van der Waals surface area (Å²) in [5.41, 5.74) is 3.36. The SMILES string of the molecule is COc1cc(C)cc(OC)c1-c1ncccc1C(=O)Nc1nc(-c2ccc(F)cn2)cs1. The summed E-state index contributed by atoms with van der Waals surface area (Å²) in [6.45, 7) is 1.93. The average Bonchev–Trinajstić information content (AvgIpc) is 3.27. The number of amides is 1. The number of hydrogen-bond acceptors (Lipinski definition) is 7. The number of pyridine rings is 2. The molecule has 1 N–H and O–H groups in total. The van der Waals surface area contributed by atoms with Gasteiger partial charge in [0.25, 0.3) is 5.91 Å². The number of carbonyl (C=O) groups is 1. The molecule has 0 spiro atoms. The van der Waals surface area contributed by atoms with E-state index in [9.17, 15) is 9.18 Å². The minimum atomic E-state index is -0.427. The molecule has 0 aliphatic heterocycles. The van der Waals surface area contributed by atoms with Crippen LogP contribution in [0.25, 0.3) is 22.6 Å². The number of hydrogen-bond donors (Lipinski definition) is 1. The summed E-state index contributed by atoms with van der Waals surface area (Å²) in [7, 11) is 3.11. The number of aryl methyl sites for hydroxylation is 1. The van der Waals surface area contributed by atoms with Crippen LogP contribution in [0.5, 0.6) is 11.5 Å². The van der Waals surface area contributed by atoms with Gasteiger partial charge in [-0.2, -0.15) is 0 Å². The summed E-state index contributed by atoms with van der Waals surface area (Å²) in [5, 5.41) is 4.93. The third-order valence-electron chi connectivity index (χ3n) is 4.65. The Kier molecular flexibility index (Phi) is 6.09. The molecule has 0 aliphatic carbocycles. The molecule has 0 saturated heterocycles. The van der Waals surface area contributed by atoms with Crippen molar-refractivity contribution < 1.29 is 18.7 Å². The number of halogens is 1. The van der Waals surface area contributed by atoms with E-state index in [-0.39, 0.29) is 5.91 Å². The summed E-state index contributed by atoms with van der Waals surface area (Å²) >= 11 is 1.24. The Morgan fingerprint density at radius 1 is 1.06 bits per heavy atom. The second-order valence-corrected chi connectivity index (χ2v) is 7.66. The van der Waals surface area contributed by atoms with Crippen molar-refractivity contribution in [3.63, 3.8) is 0 Å². The van der Waals surface area contributed by atoms with E-state index in [1.54, 1.807) is 37.9 Å². The molecule has 7 nitrogen and oxygen atoms in total. The fourth-order valence-electron chi connectivity index (χ4n) is 3.20. The van der Waals surface area contributed by atoms with Crippen LogP contribution in [0.3, 0.4) is 0 Å². The van der Waals surface area contributed by atoms with Gasteiger partial charge in [-0.15, -0.1) is 11.3 Å². The number of rotatable bonds is 6. The van der Waals surface area contributed by atoms with Gasteiger partial charge in [0.1, 0.15) is 23.0 Å². The maximum absolute atomic E-state index is 13.1. The van der Waals surface area contributed by atoms with Crippen molar-refractivity contribution in [2.75, 3.05) is 19.5 Å². The minimum Gasteiger partial charge on any atom is -0.496 e. The number of methoxy groups -OCH3 is 2. The lowest BCUT2D eigenvalue weighted by Crippen LogP contribution is -2.14. The molecule has 4 aromatic rings. The van der Waals surface area contributed by atoms with Gasteiger partial charge in [-0.05, 0) is 48.9 Å². The van der Waals surface area contributed by atoms with E-state index in [0.29, 0.717) is 44.8 Å². The van der Waals surface area contributed by atoms with Gasteiger partial charge >= 0.3 is 0 Å². The van der Waals surface area contributed by atoms with Crippen molar-refractivity contribution in [3.8, 4) is 34.1 Å². The Hall–Kier alpha value is -3.85. The Morgan fingerprint density at radius 2 is 1.81 bits per heavy atom. The molecule has 0 atom stereocenters. The van der Waals surface area contributed by atoms with Crippen LogP contribution in [-0.2, 0) is 0 Å². The van der Waals surface area contributed by atoms with Gasteiger partial charge in [0, 0.05) is 11.6 Å². The smallest absolute Gasteiger partial charge is 0.259 e. The third kappa shape index (κ3) is 4.28. The monoisotopic (exact) mass is 450 g/mol. The molecule has 0 fully saturated rings. The summed E-state index contributed by atoms with van der Waals surface area (Å²) in [5.74, 6) is 0.288. The second kappa shape index (κ2) is 9.11. The Balaban J connectivity index is 1.67. The molecule has 162 valence electrons. The fraction of sp³-hybridized carbons (Fsp3) is 0.130. The fourth-order valence-corrected chi connectivity index (χ4v) is 3.90. The molecule has 0 unspecified atom stereocenters. The summed E-state index contributed by atoms with van der Waals surface area (Å²) in [6.07, 6.45) is 2.73. The lowest BCUT2D eigenvalue weighted by molar-refractivity contribution is 0.102. The second-order valence-electron chi connectivity index (χ2n) is 6.80. The first-order valence-corrected chi connectivity index (χ1v) is 10.4. The lowest BCUT2D eigenvalue weighted by atomic mass is 10.0. The highest BCUT2D eigenvalue weighted by Gasteiger charge is 2.22. The van der Waals surface area contributed by atoms with Gasteiger partial charge in [0.2, 0.25) is 0 Å². The molecule has 0 bridgehead atoms. The van der Waals surface area contributed by atoms with Crippen molar-refractivity contribution in [3.05, 3.63) is 71.1 Å². The molecular weight excluding hydrogens is 431 g/mol.